The fourth-order valence-electron chi connectivity index (χ4n) is 4.77. The predicted molar refractivity (Wildman–Crippen MR) is 134 cm³/mol. The van der Waals surface area contributed by atoms with Gasteiger partial charge in [-0.3, -0.25) is 0 Å². The number of halogens is 1. The number of aromatic nitrogens is 1. The molecule has 6 heteroatoms. The second-order valence-corrected chi connectivity index (χ2v) is 9.95. The van der Waals surface area contributed by atoms with Crippen molar-refractivity contribution in [3.8, 4) is 11.3 Å². The van der Waals surface area contributed by atoms with E-state index in [4.69, 9.17) is 21.1 Å². The van der Waals surface area contributed by atoms with Crippen LogP contribution in [0.25, 0.3) is 22.2 Å². The number of rotatable bonds is 6. The highest BCUT2D eigenvalue weighted by Crippen LogP contribution is 2.35. The smallest absolute Gasteiger partial charge is 0.344 e. The fraction of sp³-hybridized carbons (Fsp3) is 0.393. The second-order valence-electron chi connectivity index (χ2n) is 9.51. The van der Waals surface area contributed by atoms with E-state index in [1.165, 1.54) is 0 Å². The molecule has 0 bridgehead atoms. The summed E-state index contributed by atoms with van der Waals surface area (Å²) in [4.78, 5) is 30.3. The number of nitrogens with zero attached hydrogens (tertiary/aromatic N) is 1. The van der Waals surface area contributed by atoms with Gasteiger partial charge >= 0.3 is 11.9 Å². The summed E-state index contributed by atoms with van der Waals surface area (Å²) in [6.45, 7) is 6.09. The molecule has 1 heterocycles. The Balaban J connectivity index is 1.50. The highest BCUT2D eigenvalue weighted by atomic mass is 35.5. The minimum atomic E-state index is -0.580. The van der Waals surface area contributed by atoms with Crippen LogP contribution < -0.4 is 0 Å². The average molecular weight is 480 g/mol. The first-order valence-electron chi connectivity index (χ1n) is 11.8. The number of benzene rings is 2. The number of carbonyl (C=O) groups excluding carboxylic acids is 2. The van der Waals surface area contributed by atoms with Gasteiger partial charge in [0.1, 0.15) is 6.10 Å². The molecule has 0 amide bonds. The van der Waals surface area contributed by atoms with Crippen LogP contribution in [0.2, 0.25) is 5.02 Å². The monoisotopic (exact) mass is 479 g/mol. The third-order valence-corrected chi connectivity index (χ3v) is 6.89. The number of carbonyl (C=O) groups is 2. The molecule has 0 saturated heterocycles. The van der Waals surface area contributed by atoms with E-state index in [0.717, 1.165) is 24.8 Å². The molecule has 0 radical (unpaired) electrons. The van der Waals surface area contributed by atoms with Crippen molar-refractivity contribution in [3.63, 3.8) is 0 Å². The Bertz CT molecular complexity index is 1170. The van der Waals surface area contributed by atoms with Crippen molar-refractivity contribution >= 4 is 34.4 Å². The summed E-state index contributed by atoms with van der Waals surface area (Å²) >= 11 is 6.01. The van der Waals surface area contributed by atoms with Gasteiger partial charge in [0.25, 0.3) is 0 Å². The Morgan fingerprint density at radius 2 is 1.82 bits per heavy atom. The molecule has 1 aliphatic rings. The van der Waals surface area contributed by atoms with Gasteiger partial charge < -0.3 is 9.47 Å². The second kappa shape index (κ2) is 10.6. The van der Waals surface area contributed by atoms with Gasteiger partial charge in [-0.1, -0.05) is 69.1 Å². The Kier molecular flexibility index (Phi) is 7.52. The van der Waals surface area contributed by atoms with Crippen LogP contribution in [-0.4, -0.2) is 29.6 Å². The van der Waals surface area contributed by atoms with Gasteiger partial charge in [0.15, 0.2) is 6.61 Å². The quantitative estimate of drug-likeness (QED) is 0.367. The molecule has 0 aliphatic heterocycles. The Hall–Kier alpha value is -2.92. The van der Waals surface area contributed by atoms with Crippen LogP contribution in [0.1, 0.15) is 50.4 Å². The van der Waals surface area contributed by atoms with Crippen molar-refractivity contribution in [2.75, 3.05) is 6.61 Å². The summed E-state index contributed by atoms with van der Waals surface area (Å²) in [7, 11) is 0. The van der Waals surface area contributed by atoms with Crippen LogP contribution in [0.4, 0.5) is 0 Å². The fourth-order valence-corrected chi connectivity index (χ4v) is 4.89. The summed E-state index contributed by atoms with van der Waals surface area (Å²) in [5.41, 5.74) is 2.48. The van der Waals surface area contributed by atoms with Gasteiger partial charge in [0, 0.05) is 16.0 Å². The van der Waals surface area contributed by atoms with E-state index in [1.54, 1.807) is 18.2 Å². The lowest BCUT2D eigenvalue weighted by molar-refractivity contribution is -0.159. The molecule has 3 aromatic rings. The molecule has 178 valence electrons. The third-order valence-electron chi connectivity index (χ3n) is 6.64. The summed E-state index contributed by atoms with van der Waals surface area (Å²) in [6.07, 6.45) is 2.92. The van der Waals surface area contributed by atoms with Gasteiger partial charge in [-0.15, -0.1) is 0 Å². The van der Waals surface area contributed by atoms with E-state index in [9.17, 15) is 9.59 Å². The molecule has 1 aromatic heterocycles. The van der Waals surface area contributed by atoms with Crippen LogP contribution >= 0.6 is 11.6 Å². The van der Waals surface area contributed by atoms with Crippen LogP contribution in [-0.2, 0) is 14.3 Å². The minimum absolute atomic E-state index is 0.131. The number of para-hydroxylation sites is 1. The molecule has 34 heavy (non-hydrogen) atoms. The van der Waals surface area contributed by atoms with Crippen molar-refractivity contribution in [1.29, 1.82) is 0 Å². The number of ether oxygens (including phenoxy) is 2. The average Bonchev–Trinajstić information content (AvgIpc) is 2.82. The molecule has 3 atom stereocenters. The standard InChI is InChI=1S/C28H30ClNO4/c1-17(2)21-13-8-18(3)14-26(21)34-27(31)16-33-28(32)23-15-25(19-9-11-20(29)12-10-19)30-24-7-5-4-6-22(23)24/h4-7,9-12,15,17-18,21,26H,8,13-14,16H2,1-3H3/t18-,21-,26-/m0/s1. The van der Waals surface area contributed by atoms with Crippen molar-refractivity contribution in [3.05, 3.63) is 65.2 Å². The van der Waals surface area contributed by atoms with Crippen LogP contribution in [0, 0.1) is 17.8 Å². The summed E-state index contributed by atoms with van der Waals surface area (Å²) in [6, 6.07) is 16.3. The van der Waals surface area contributed by atoms with E-state index in [1.807, 2.05) is 36.4 Å². The zero-order valence-corrected chi connectivity index (χ0v) is 20.5. The van der Waals surface area contributed by atoms with Crippen molar-refractivity contribution in [2.45, 2.75) is 46.1 Å². The minimum Gasteiger partial charge on any atom is -0.460 e. The first-order valence-corrected chi connectivity index (χ1v) is 12.2. The van der Waals surface area contributed by atoms with Crippen LogP contribution in [0.5, 0.6) is 0 Å². The molecule has 0 spiro atoms. The van der Waals surface area contributed by atoms with E-state index < -0.39 is 18.5 Å². The lowest BCUT2D eigenvalue weighted by Gasteiger charge is -2.36. The number of fused-ring (bicyclic) bond motifs is 1. The van der Waals surface area contributed by atoms with Crippen LogP contribution in [0.15, 0.2) is 54.6 Å². The number of hydrogen-bond acceptors (Lipinski definition) is 5. The first kappa shape index (κ1) is 24.2. The molecule has 0 unspecified atom stereocenters. The number of esters is 2. The normalized spacial score (nSPS) is 20.3. The maximum atomic E-state index is 13.0. The zero-order valence-electron chi connectivity index (χ0n) is 19.8. The molecule has 0 N–H and O–H groups in total. The molecule has 2 aromatic carbocycles. The van der Waals surface area contributed by atoms with Crippen molar-refractivity contribution in [1.82, 2.24) is 4.98 Å². The molecule has 1 fully saturated rings. The van der Waals surface area contributed by atoms with Gasteiger partial charge in [-0.25, -0.2) is 14.6 Å². The van der Waals surface area contributed by atoms with Crippen LogP contribution in [0.3, 0.4) is 0 Å². The van der Waals surface area contributed by atoms with Gasteiger partial charge in [0.2, 0.25) is 0 Å². The number of pyridine rings is 1. The molecular weight excluding hydrogens is 450 g/mol. The lowest BCUT2D eigenvalue weighted by atomic mass is 9.75. The Morgan fingerprint density at radius 3 is 2.56 bits per heavy atom. The molecule has 1 aliphatic carbocycles. The van der Waals surface area contributed by atoms with Gasteiger partial charge in [0.05, 0.1) is 16.8 Å². The Labute approximate surface area is 205 Å². The highest BCUT2D eigenvalue weighted by molar-refractivity contribution is 6.30. The maximum Gasteiger partial charge on any atom is 0.344 e. The third kappa shape index (κ3) is 5.58. The van der Waals surface area contributed by atoms with E-state index >= 15 is 0 Å². The van der Waals surface area contributed by atoms with Crippen molar-refractivity contribution < 1.29 is 19.1 Å². The van der Waals surface area contributed by atoms with Crippen molar-refractivity contribution in [2.24, 2.45) is 17.8 Å². The molecule has 1 saturated carbocycles. The molecule has 5 nitrogen and oxygen atoms in total. The highest BCUT2D eigenvalue weighted by Gasteiger charge is 2.33. The maximum absolute atomic E-state index is 13.0. The zero-order chi connectivity index (χ0) is 24.2. The van der Waals surface area contributed by atoms with E-state index in [0.29, 0.717) is 44.9 Å². The van der Waals surface area contributed by atoms with E-state index in [-0.39, 0.29) is 6.10 Å². The largest absolute Gasteiger partial charge is 0.460 e. The van der Waals surface area contributed by atoms with E-state index in [2.05, 4.69) is 25.8 Å². The summed E-state index contributed by atoms with van der Waals surface area (Å²) in [5, 5.41) is 1.29. The predicted octanol–water partition coefficient (Wildman–Crippen LogP) is 6.72. The first-order chi connectivity index (χ1) is 16.3. The molecular formula is C28H30ClNO4. The SMILES string of the molecule is CC(C)[C@@H]1CC[C@H](C)C[C@@H]1OC(=O)COC(=O)c1cc(-c2ccc(Cl)cc2)nc2ccccc12. The summed E-state index contributed by atoms with van der Waals surface area (Å²) < 4.78 is 11.2. The molecule has 4 rings (SSSR count). The Morgan fingerprint density at radius 1 is 1.09 bits per heavy atom. The van der Waals surface area contributed by atoms with Gasteiger partial charge in [-0.05, 0) is 54.9 Å². The lowest BCUT2D eigenvalue weighted by Crippen LogP contribution is -2.36. The number of hydrogen-bond donors (Lipinski definition) is 0. The topological polar surface area (TPSA) is 65.5 Å². The van der Waals surface area contributed by atoms with Gasteiger partial charge in [-0.2, -0.15) is 0 Å². The summed E-state index contributed by atoms with van der Waals surface area (Å²) in [5.74, 6) is 0.201.